The first kappa shape index (κ1) is 18.1. The molecule has 3 nitrogen and oxygen atoms in total. The molecule has 23 heavy (non-hydrogen) atoms. The van der Waals surface area contributed by atoms with Crippen molar-refractivity contribution in [1.29, 1.82) is 0 Å². The maximum absolute atomic E-state index is 13.4. The van der Waals surface area contributed by atoms with Gasteiger partial charge in [0.15, 0.2) is 0 Å². The molecule has 2 rings (SSSR count). The fraction of sp³-hybridized carbons (Fsp3) is 0.611. The highest BCUT2D eigenvalue weighted by Gasteiger charge is 2.28. The van der Waals surface area contributed by atoms with E-state index in [4.69, 9.17) is 4.74 Å². The zero-order valence-electron chi connectivity index (χ0n) is 14.2. The number of nitrogens with zero attached hydrogens (tertiary/aromatic N) is 1. The molecule has 5 heteroatoms. The van der Waals surface area contributed by atoms with Crippen molar-refractivity contribution in [3.63, 3.8) is 0 Å². The molecule has 128 valence electrons. The maximum Gasteiger partial charge on any atom is 0.233 e. The molecule has 0 heterocycles. The topological polar surface area (TPSA) is 29.5 Å². The summed E-state index contributed by atoms with van der Waals surface area (Å²) in [5.74, 6) is 1.58. The molecule has 0 N–H and O–H groups in total. The van der Waals surface area contributed by atoms with Crippen LogP contribution in [0, 0.1) is 5.82 Å². The van der Waals surface area contributed by atoms with Crippen LogP contribution in [0.1, 0.15) is 45.1 Å². The lowest BCUT2D eigenvalue weighted by Gasteiger charge is -2.32. The minimum absolute atomic E-state index is 0.187. The van der Waals surface area contributed by atoms with E-state index in [0.29, 0.717) is 23.3 Å². The van der Waals surface area contributed by atoms with Crippen LogP contribution in [-0.4, -0.2) is 35.8 Å². The minimum Gasteiger partial charge on any atom is -0.496 e. The Morgan fingerprint density at radius 1 is 1.39 bits per heavy atom. The molecule has 0 bridgehead atoms. The summed E-state index contributed by atoms with van der Waals surface area (Å²) in [7, 11) is 1.58. The molecule has 1 saturated carbocycles. The van der Waals surface area contributed by atoms with Crippen molar-refractivity contribution in [3.8, 4) is 5.75 Å². The Balaban J connectivity index is 1.91. The molecule has 1 amide bonds. The van der Waals surface area contributed by atoms with Crippen molar-refractivity contribution in [3.05, 3.63) is 29.6 Å². The second-order valence-corrected chi connectivity index (χ2v) is 7.27. The lowest BCUT2D eigenvalue weighted by Crippen LogP contribution is -2.44. The number of hydrogen-bond acceptors (Lipinski definition) is 3. The minimum atomic E-state index is -0.275. The second-order valence-electron chi connectivity index (χ2n) is 6.28. The van der Waals surface area contributed by atoms with Gasteiger partial charge < -0.3 is 9.64 Å². The standard InChI is InChI=1S/C18H26FNO2S/c1-13(2)20(16-6-4-5-7-16)18(21)12-23-11-14-10-15(19)8-9-17(14)22-3/h8-10,13,16H,4-7,11-12H2,1-3H3. The molecule has 0 radical (unpaired) electrons. The number of benzene rings is 1. The first-order valence-electron chi connectivity index (χ1n) is 8.24. The number of halogens is 1. The van der Waals surface area contributed by atoms with E-state index in [-0.39, 0.29) is 17.8 Å². The van der Waals surface area contributed by atoms with Crippen molar-refractivity contribution in [2.24, 2.45) is 0 Å². The summed E-state index contributed by atoms with van der Waals surface area (Å²) < 4.78 is 18.6. The largest absolute Gasteiger partial charge is 0.496 e. The Hall–Kier alpha value is -1.23. The van der Waals surface area contributed by atoms with Crippen molar-refractivity contribution >= 4 is 17.7 Å². The van der Waals surface area contributed by atoms with Gasteiger partial charge in [-0.05, 0) is 44.9 Å². The van der Waals surface area contributed by atoms with E-state index in [2.05, 4.69) is 13.8 Å². The molecule has 0 spiro atoms. The third kappa shape index (κ3) is 4.87. The van der Waals surface area contributed by atoms with Gasteiger partial charge in [-0.3, -0.25) is 4.79 Å². The molecule has 0 aromatic heterocycles. The van der Waals surface area contributed by atoms with Crippen LogP contribution in [0.4, 0.5) is 4.39 Å². The van der Waals surface area contributed by atoms with E-state index in [9.17, 15) is 9.18 Å². The third-order valence-electron chi connectivity index (χ3n) is 4.29. The van der Waals surface area contributed by atoms with Crippen LogP contribution in [0.25, 0.3) is 0 Å². The quantitative estimate of drug-likeness (QED) is 0.744. The van der Waals surface area contributed by atoms with Crippen LogP contribution in [0.2, 0.25) is 0 Å². The second kappa shape index (κ2) is 8.57. The number of carbonyl (C=O) groups excluding carboxylic acids is 1. The fourth-order valence-corrected chi connectivity index (χ4v) is 4.15. The van der Waals surface area contributed by atoms with Gasteiger partial charge in [-0.25, -0.2) is 4.39 Å². The number of amides is 1. The lowest BCUT2D eigenvalue weighted by molar-refractivity contribution is -0.132. The predicted molar refractivity (Wildman–Crippen MR) is 93.4 cm³/mol. The highest BCUT2D eigenvalue weighted by molar-refractivity contribution is 7.99. The van der Waals surface area contributed by atoms with E-state index >= 15 is 0 Å². The van der Waals surface area contributed by atoms with E-state index in [1.807, 2.05) is 4.90 Å². The monoisotopic (exact) mass is 339 g/mol. The average Bonchev–Trinajstić information content (AvgIpc) is 3.01. The van der Waals surface area contributed by atoms with Gasteiger partial charge in [0.2, 0.25) is 5.91 Å². The van der Waals surface area contributed by atoms with Crippen molar-refractivity contribution < 1.29 is 13.9 Å². The fourth-order valence-electron chi connectivity index (χ4n) is 3.28. The lowest BCUT2D eigenvalue weighted by atomic mass is 10.1. The smallest absolute Gasteiger partial charge is 0.233 e. The summed E-state index contributed by atoms with van der Waals surface area (Å²) in [6.07, 6.45) is 4.67. The number of thioether (sulfide) groups is 1. The Labute approximate surface area is 142 Å². The Kier molecular flexibility index (Phi) is 6.75. The first-order chi connectivity index (χ1) is 11.0. The number of rotatable bonds is 7. The van der Waals surface area contributed by atoms with Gasteiger partial charge in [0.1, 0.15) is 11.6 Å². The summed E-state index contributed by atoms with van der Waals surface area (Å²) in [5.41, 5.74) is 0.794. The molecule has 0 unspecified atom stereocenters. The van der Waals surface area contributed by atoms with E-state index in [0.717, 1.165) is 18.4 Å². The first-order valence-corrected chi connectivity index (χ1v) is 9.39. The van der Waals surface area contributed by atoms with Crippen molar-refractivity contribution in [2.45, 2.75) is 57.4 Å². The highest BCUT2D eigenvalue weighted by atomic mass is 32.2. The molecular weight excluding hydrogens is 313 g/mol. The number of ether oxygens (including phenoxy) is 1. The zero-order chi connectivity index (χ0) is 16.8. The molecule has 1 fully saturated rings. The van der Waals surface area contributed by atoms with Gasteiger partial charge in [-0.2, -0.15) is 0 Å². The molecule has 0 aliphatic heterocycles. The Morgan fingerprint density at radius 2 is 2.09 bits per heavy atom. The SMILES string of the molecule is COc1ccc(F)cc1CSCC(=O)N(C(C)C)C1CCCC1. The Morgan fingerprint density at radius 3 is 2.70 bits per heavy atom. The van der Waals surface area contributed by atoms with E-state index in [1.165, 1.54) is 36.7 Å². The predicted octanol–water partition coefficient (Wildman–Crippen LogP) is 4.25. The summed E-state index contributed by atoms with van der Waals surface area (Å²) in [6, 6.07) is 5.12. The maximum atomic E-state index is 13.4. The third-order valence-corrected chi connectivity index (χ3v) is 5.25. The van der Waals surface area contributed by atoms with Gasteiger partial charge in [-0.15, -0.1) is 11.8 Å². The molecule has 1 aliphatic carbocycles. The average molecular weight is 339 g/mol. The number of carbonyl (C=O) groups is 1. The zero-order valence-corrected chi connectivity index (χ0v) is 15.0. The molecule has 0 atom stereocenters. The number of methoxy groups -OCH3 is 1. The Bertz CT molecular complexity index is 530. The summed E-state index contributed by atoms with van der Waals surface area (Å²) in [4.78, 5) is 14.6. The molecular formula is C18H26FNO2S. The van der Waals surface area contributed by atoms with Gasteiger partial charge in [0.05, 0.1) is 12.9 Å². The summed E-state index contributed by atoms with van der Waals surface area (Å²) in [5, 5.41) is 0. The van der Waals surface area contributed by atoms with Crippen LogP contribution in [0.15, 0.2) is 18.2 Å². The van der Waals surface area contributed by atoms with Gasteiger partial charge in [0, 0.05) is 23.4 Å². The van der Waals surface area contributed by atoms with E-state index in [1.54, 1.807) is 13.2 Å². The van der Waals surface area contributed by atoms with Crippen molar-refractivity contribution in [2.75, 3.05) is 12.9 Å². The summed E-state index contributed by atoms with van der Waals surface area (Å²) in [6.45, 7) is 4.16. The van der Waals surface area contributed by atoms with Crippen LogP contribution in [0.3, 0.4) is 0 Å². The van der Waals surface area contributed by atoms with Crippen molar-refractivity contribution in [1.82, 2.24) is 4.90 Å². The molecule has 1 aliphatic rings. The van der Waals surface area contributed by atoms with Crippen LogP contribution < -0.4 is 4.74 Å². The normalized spacial score (nSPS) is 15.2. The molecule has 1 aromatic rings. The van der Waals surface area contributed by atoms with Crippen LogP contribution >= 0.6 is 11.8 Å². The van der Waals surface area contributed by atoms with Gasteiger partial charge in [-0.1, -0.05) is 12.8 Å². The highest BCUT2D eigenvalue weighted by Crippen LogP contribution is 2.27. The molecule has 0 saturated heterocycles. The van der Waals surface area contributed by atoms with Gasteiger partial charge >= 0.3 is 0 Å². The van der Waals surface area contributed by atoms with Crippen LogP contribution in [-0.2, 0) is 10.5 Å². The number of hydrogen-bond donors (Lipinski definition) is 0. The summed E-state index contributed by atoms with van der Waals surface area (Å²) >= 11 is 1.52. The van der Waals surface area contributed by atoms with Gasteiger partial charge in [0.25, 0.3) is 0 Å². The van der Waals surface area contributed by atoms with E-state index < -0.39 is 0 Å². The molecule has 1 aromatic carbocycles. The van der Waals surface area contributed by atoms with Crippen LogP contribution in [0.5, 0.6) is 5.75 Å².